The van der Waals surface area contributed by atoms with Crippen molar-refractivity contribution < 1.29 is 32.9 Å². The van der Waals surface area contributed by atoms with Gasteiger partial charge < -0.3 is 19.8 Å². The second kappa shape index (κ2) is 39.6. The maximum Gasteiger partial charge on any atom is 0.472 e. The number of hydrogen-bond donors (Lipinski definition) is 3. The van der Waals surface area contributed by atoms with Crippen molar-refractivity contribution in [1.29, 1.82) is 0 Å². The number of likely N-dealkylation sites (N-methyl/N-ethyl adjacent to an activating group) is 1. The maximum atomic E-state index is 12.9. The normalized spacial score (nSPS) is 14.9. The fourth-order valence-electron chi connectivity index (χ4n) is 6.21. The van der Waals surface area contributed by atoms with Gasteiger partial charge in [-0.2, -0.15) is 0 Å². The lowest BCUT2D eigenvalue weighted by Crippen LogP contribution is -2.45. The van der Waals surface area contributed by atoms with Crippen LogP contribution >= 0.6 is 7.82 Å². The molecule has 3 atom stereocenters. The van der Waals surface area contributed by atoms with Crippen molar-refractivity contribution >= 4 is 13.7 Å². The Morgan fingerprint density at radius 1 is 0.596 bits per heavy atom. The first-order chi connectivity index (χ1) is 27.5. The summed E-state index contributed by atoms with van der Waals surface area (Å²) in [5.74, 6) is -0.208. The van der Waals surface area contributed by atoms with E-state index in [1.807, 2.05) is 27.2 Å². The van der Waals surface area contributed by atoms with E-state index in [4.69, 9.17) is 9.05 Å². The number of aliphatic hydroxyl groups is 1. The molecule has 8 nitrogen and oxygen atoms in total. The van der Waals surface area contributed by atoms with Crippen LogP contribution in [0.1, 0.15) is 187 Å². The van der Waals surface area contributed by atoms with E-state index in [2.05, 4.69) is 67.8 Å². The number of nitrogens with zero attached hydrogens (tertiary/aromatic N) is 1. The molecule has 0 rings (SSSR count). The number of aliphatic hydroxyl groups excluding tert-OH is 1. The van der Waals surface area contributed by atoms with Crippen LogP contribution in [-0.2, 0) is 18.4 Å². The number of quaternary nitrogens is 1. The van der Waals surface area contributed by atoms with Crippen LogP contribution < -0.4 is 5.32 Å². The number of rotatable bonds is 41. The van der Waals surface area contributed by atoms with Crippen LogP contribution in [0.2, 0.25) is 0 Å². The highest BCUT2D eigenvalue weighted by molar-refractivity contribution is 7.47. The summed E-state index contributed by atoms with van der Waals surface area (Å²) >= 11 is 0. The van der Waals surface area contributed by atoms with Gasteiger partial charge in [0.25, 0.3) is 0 Å². The number of phosphoric acid groups is 1. The molecule has 0 aromatic heterocycles. The lowest BCUT2D eigenvalue weighted by Gasteiger charge is -2.25. The molecule has 3 unspecified atom stereocenters. The Bertz CT molecular complexity index is 1110. The fraction of sp³-hybridized carbons (Fsp3) is 0.771. The SMILES string of the molecule is CCCC/C=C\C/C=C\CCCCCCCC(=O)NC(COP(=O)(O)OCC[N+](C)(C)C)C(O)/C=C/CC/C=C/CC/C=C/CCCCCCCCCCCCC. The highest BCUT2D eigenvalue weighted by Crippen LogP contribution is 2.43. The molecule has 332 valence electrons. The largest absolute Gasteiger partial charge is 0.472 e. The third-order valence-electron chi connectivity index (χ3n) is 9.94. The average molecular weight is 822 g/mol. The van der Waals surface area contributed by atoms with E-state index in [-0.39, 0.29) is 19.1 Å². The summed E-state index contributed by atoms with van der Waals surface area (Å²) < 4.78 is 23.5. The Labute approximate surface area is 351 Å². The molecule has 0 aliphatic heterocycles. The van der Waals surface area contributed by atoms with Crippen LogP contribution in [0.4, 0.5) is 0 Å². The van der Waals surface area contributed by atoms with Crippen molar-refractivity contribution in [3.05, 3.63) is 60.8 Å². The number of carbonyl (C=O) groups is 1. The van der Waals surface area contributed by atoms with Gasteiger partial charge in [-0.15, -0.1) is 0 Å². The first kappa shape index (κ1) is 55.2. The molecule has 57 heavy (non-hydrogen) atoms. The zero-order valence-corrected chi connectivity index (χ0v) is 38.5. The molecule has 3 N–H and O–H groups in total. The van der Waals surface area contributed by atoms with Gasteiger partial charge in [0.15, 0.2) is 0 Å². The first-order valence-electron chi connectivity index (χ1n) is 23.2. The Kier molecular flexibility index (Phi) is 38.4. The lowest BCUT2D eigenvalue weighted by atomic mass is 10.1. The first-order valence-corrected chi connectivity index (χ1v) is 24.7. The predicted molar refractivity (Wildman–Crippen MR) is 244 cm³/mol. The molecule has 0 heterocycles. The summed E-state index contributed by atoms with van der Waals surface area (Å²) in [5, 5.41) is 13.8. The second-order valence-corrected chi connectivity index (χ2v) is 18.2. The molecule has 0 aromatic carbocycles. The van der Waals surface area contributed by atoms with E-state index in [9.17, 15) is 19.4 Å². The van der Waals surface area contributed by atoms with Gasteiger partial charge >= 0.3 is 7.82 Å². The third-order valence-corrected chi connectivity index (χ3v) is 10.9. The summed E-state index contributed by atoms with van der Waals surface area (Å²) in [4.78, 5) is 23.1. The van der Waals surface area contributed by atoms with Crippen LogP contribution in [-0.4, -0.2) is 73.4 Å². The highest BCUT2D eigenvalue weighted by atomic mass is 31.2. The van der Waals surface area contributed by atoms with Crippen molar-refractivity contribution in [1.82, 2.24) is 5.32 Å². The van der Waals surface area contributed by atoms with Gasteiger partial charge in [0.2, 0.25) is 5.91 Å². The number of unbranched alkanes of at least 4 members (excludes halogenated alkanes) is 20. The molecule has 0 bridgehead atoms. The quantitative estimate of drug-likeness (QED) is 0.0245. The summed E-state index contributed by atoms with van der Waals surface area (Å²) in [6.07, 6.45) is 51.5. The van der Waals surface area contributed by atoms with Crippen LogP contribution in [0, 0.1) is 0 Å². The number of phosphoric ester groups is 1. The van der Waals surface area contributed by atoms with Crippen LogP contribution in [0.5, 0.6) is 0 Å². The smallest absolute Gasteiger partial charge is 0.387 e. The van der Waals surface area contributed by atoms with E-state index >= 15 is 0 Å². The number of allylic oxidation sites excluding steroid dienone is 9. The van der Waals surface area contributed by atoms with Gasteiger partial charge in [0.05, 0.1) is 39.9 Å². The van der Waals surface area contributed by atoms with Gasteiger partial charge in [0.1, 0.15) is 13.2 Å². The number of nitrogens with one attached hydrogen (secondary N) is 1. The molecule has 0 aromatic rings. The number of carbonyl (C=O) groups excluding carboxylic acids is 1. The molecule has 9 heteroatoms. The van der Waals surface area contributed by atoms with Gasteiger partial charge in [-0.05, 0) is 70.6 Å². The number of amides is 1. The Morgan fingerprint density at radius 2 is 1.04 bits per heavy atom. The average Bonchev–Trinajstić information content (AvgIpc) is 3.16. The molecule has 0 fully saturated rings. The molecular formula is C48H90N2O6P+. The molecule has 0 aliphatic rings. The second-order valence-electron chi connectivity index (χ2n) is 16.8. The van der Waals surface area contributed by atoms with E-state index in [0.717, 1.165) is 70.6 Å². The van der Waals surface area contributed by atoms with Crippen molar-refractivity contribution in [2.75, 3.05) is 40.9 Å². The van der Waals surface area contributed by atoms with Crippen LogP contribution in [0.15, 0.2) is 60.8 Å². The molecule has 0 saturated carbocycles. The third kappa shape index (κ3) is 42.1. The predicted octanol–water partition coefficient (Wildman–Crippen LogP) is 13.0. The highest BCUT2D eigenvalue weighted by Gasteiger charge is 2.27. The van der Waals surface area contributed by atoms with E-state index < -0.39 is 20.0 Å². The Balaban J connectivity index is 4.49. The molecular weight excluding hydrogens is 732 g/mol. The molecule has 0 spiro atoms. The fourth-order valence-corrected chi connectivity index (χ4v) is 6.94. The minimum atomic E-state index is -4.36. The zero-order chi connectivity index (χ0) is 42.1. The summed E-state index contributed by atoms with van der Waals surface area (Å²) in [7, 11) is 1.53. The standard InChI is InChI=1S/C48H89N2O6P/c1-6-8-10-12-14-16-18-20-22-23-24-25-26-27-28-29-31-33-35-37-39-41-47(51)46(45-56-57(53,54)55-44-43-50(3,4)5)49-48(52)42-40-38-36-34-32-30-21-19-17-15-13-11-9-7-2/h13,15,19,21,26-27,31,33,39,41,46-47,51H,6-12,14,16-18,20,22-25,28-30,32,34-38,40,42-45H2,1-5H3,(H-,49,52,53,54)/p+1/b15-13-,21-19-,27-26+,33-31+,41-39+. The summed E-state index contributed by atoms with van der Waals surface area (Å²) in [5.41, 5.74) is 0. The van der Waals surface area contributed by atoms with Gasteiger partial charge in [-0.25, -0.2) is 4.57 Å². The van der Waals surface area contributed by atoms with E-state index in [1.165, 1.54) is 96.3 Å². The minimum Gasteiger partial charge on any atom is -0.387 e. The molecule has 0 aliphatic carbocycles. The van der Waals surface area contributed by atoms with Crippen molar-refractivity contribution in [3.63, 3.8) is 0 Å². The zero-order valence-electron chi connectivity index (χ0n) is 37.6. The van der Waals surface area contributed by atoms with Crippen molar-refractivity contribution in [2.24, 2.45) is 0 Å². The van der Waals surface area contributed by atoms with Crippen molar-refractivity contribution in [2.45, 2.75) is 199 Å². The van der Waals surface area contributed by atoms with E-state index in [1.54, 1.807) is 6.08 Å². The van der Waals surface area contributed by atoms with Gasteiger partial charge in [-0.1, -0.05) is 171 Å². The monoisotopic (exact) mass is 822 g/mol. The Hall–Kier alpha value is -1.80. The maximum absolute atomic E-state index is 12.9. The number of hydrogen-bond acceptors (Lipinski definition) is 5. The summed E-state index contributed by atoms with van der Waals surface area (Å²) in [6.45, 7) is 4.72. The topological polar surface area (TPSA) is 105 Å². The molecule has 0 radical (unpaired) electrons. The van der Waals surface area contributed by atoms with Gasteiger partial charge in [0, 0.05) is 6.42 Å². The lowest BCUT2D eigenvalue weighted by molar-refractivity contribution is -0.870. The van der Waals surface area contributed by atoms with E-state index in [0.29, 0.717) is 17.4 Å². The van der Waals surface area contributed by atoms with Gasteiger partial charge in [-0.3, -0.25) is 13.8 Å². The Morgan fingerprint density at radius 3 is 1.56 bits per heavy atom. The van der Waals surface area contributed by atoms with Crippen LogP contribution in [0.25, 0.3) is 0 Å². The molecule has 1 amide bonds. The molecule has 0 saturated heterocycles. The van der Waals surface area contributed by atoms with Crippen molar-refractivity contribution in [3.8, 4) is 0 Å². The summed E-state index contributed by atoms with van der Waals surface area (Å²) in [6, 6.07) is -0.878. The minimum absolute atomic E-state index is 0.0484. The van der Waals surface area contributed by atoms with Crippen LogP contribution in [0.3, 0.4) is 0 Å².